The summed E-state index contributed by atoms with van der Waals surface area (Å²) < 4.78 is 14.7. The van der Waals surface area contributed by atoms with E-state index in [0.29, 0.717) is 28.2 Å². The Bertz CT molecular complexity index is 1470. The molecular formula is C26H22FN4O6. The van der Waals surface area contributed by atoms with Crippen molar-refractivity contribution in [2.45, 2.75) is 32.4 Å². The molecule has 0 aliphatic carbocycles. The minimum atomic E-state index is -1.46. The van der Waals surface area contributed by atoms with Crippen molar-refractivity contribution in [2.24, 2.45) is 4.99 Å². The van der Waals surface area contributed by atoms with E-state index in [9.17, 15) is 28.7 Å². The van der Waals surface area contributed by atoms with Crippen LogP contribution in [-0.2, 0) is 16.1 Å². The average molecular weight is 505 g/mol. The maximum absolute atomic E-state index is 14.7. The number of hydrogen-bond acceptors (Lipinski definition) is 6. The van der Waals surface area contributed by atoms with Crippen molar-refractivity contribution in [3.05, 3.63) is 71.0 Å². The topological polar surface area (TPSA) is 159 Å². The van der Waals surface area contributed by atoms with Crippen molar-refractivity contribution in [3.8, 4) is 0 Å². The number of nitrogens with zero attached hydrogens (tertiary/aromatic N) is 2. The van der Waals surface area contributed by atoms with Gasteiger partial charge in [0.1, 0.15) is 17.7 Å². The van der Waals surface area contributed by atoms with E-state index in [1.165, 1.54) is 12.1 Å². The van der Waals surface area contributed by atoms with Crippen LogP contribution in [0.4, 0.5) is 15.8 Å². The Morgan fingerprint density at radius 3 is 2.51 bits per heavy atom. The van der Waals surface area contributed by atoms with Gasteiger partial charge in [-0.05, 0) is 60.0 Å². The summed E-state index contributed by atoms with van der Waals surface area (Å²) in [5.41, 5.74) is 1.79. The first-order valence-corrected chi connectivity index (χ1v) is 11.3. The van der Waals surface area contributed by atoms with Gasteiger partial charge in [0, 0.05) is 18.7 Å². The largest absolute Gasteiger partial charge is 0.481 e. The minimum absolute atomic E-state index is 0.286. The lowest BCUT2D eigenvalue weighted by Crippen LogP contribution is -2.41. The van der Waals surface area contributed by atoms with Gasteiger partial charge in [0.05, 0.1) is 16.8 Å². The number of carboxylic acids is 2. The van der Waals surface area contributed by atoms with Gasteiger partial charge < -0.3 is 20.8 Å². The van der Waals surface area contributed by atoms with Gasteiger partial charge in [0.15, 0.2) is 0 Å². The van der Waals surface area contributed by atoms with Gasteiger partial charge in [-0.25, -0.2) is 14.2 Å². The molecule has 3 aromatic rings. The molecule has 1 atom stereocenters. The third-order valence-corrected chi connectivity index (χ3v) is 5.78. The van der Waals surface area contributed by atoms with Crippen LogP contribution in [0.25, 0.3) is 10.8 Å². The summed E-state index contributed by atoms with van der Waals surface area (Å²) in [6.07, 6.45) is -0.797. The molecule has 0 fully saturated rings. The summed E-state index contributed by atoms with van der Waals surface area (Å²) in [5.74, 6) is -4.43. The number of benzene rings is 3. The molecule has 0 bridgehead atoms. The first-order valence-electron chi connectivity index (χ1n) is 11.3. The second kappa shape index (κ2) is 10.4. The molecule has 4 rings (SSSR count). The third-order valence-electron chi connectivity index (χ3n) is 5.78. The summed E-state index contributed by atoms with van der Waals surface area (Å²) >= 11 is 0. The number of nitrogens with one attached hydrogen (secondary N) is 2. The number of aliphatic imine (C=N–C) groups is 1. The summed E-state index contributed by atoms with van der Waals surface area (Å²) in [7, 11) is 0. The number of hydrogen-bond donors (Lipinski definition) is 4. The monoisotopic (exact) mass is 505 g/mol. The predicted octanol–water partition coefficient (Wildman–Crippen LogP) is 3.45. The molecule has 0 aromatic heterocycles. The Morgan fingerprint density at radius 1 is 1.05 bits per heavy atom. The highest BCUT2D eigenvalue weighted by atomic mass is 19.1. The highest BCUT2D eigenvalue weighted by Gasteiger charge is 2.24. The number of aliphatic carboxylic acids is 2. The zero-order chi connectivity index (χ0) is 26.7. The van der Waals surface area contributed by atoms with Gasteiger partial charge in [0.25, 0.3) is 11.8 Å². The number of anilines is 1. The van der Waals surface area contributed by atoms with Crippen LogP contribution in [-0.4, -0.2) is 45.8 Å². The number of carbonyl (C=O) groups excluding carboxylic acids is 2. The van der Waals surface area contributed by atoms with Gasteiger partial charge in [-0.3, -0.25) is 14.4 Å². The van der Waals surface area contributed by atoms with Crippen molar-refractivity contribution < 1.29 is 33.8 Å². The van der Waals surface area contributed by atoms with Crippen LogP contribution in [0, 0.1) is 5.82 Å². The Morgan fingerprint density at radius 2 is 1.81 bits per heavy atom. The van der Waals surface area contributed by atoms with Crippen LogP contribution in [0.1, 0.15) is 46.0 Å². The van der Waals surface area contributed by atoms with Gasteiger partial charge in [-0.15, -0.1) is 0 Å². The minimum Gasteiger partial charge on any atom is -0.481 e. The first-order chi connectivity index (χ1) is 17.6. The SMILES string of the molecule is CC1=Nc2ccc3ccc(CNc4ccc(C(=O)N[C@@H](CCC(=O)O)C(=O)O)c(F)c4)cc3c2C(=O)[N]1. The summed E-state index contributed by atoms with van der Waals surface area (Å²) in [6.45, 7) is 1.94. The highest BCUT2D eigenvalue weighted by Crippen LogP contribution is 2.31. The molecule has 11 heteroatoms. The second-order valence-corrected chi connectivity index (χ2v) is 8.44. The van der Waals surface area contributed by atoms with E-state index in [1.807, 2.05) is 24.3 Å². The van der Waals surface area contributed by atoms with E-state index >= 15 is 0 Å². The van der Waals surface area contributed by atoms with Crippen LogP contribution >= 0.6 is 0 Å². The van der Waals surface area contributed by atoms with E-state index in [2.05, 4.69) is 20.9 Å². The number of rotatable bonds is 9. The molecule has 0 unspecified atom stereocenters. The fourth-order valence-corrected chi connectivity index (χ4v) is 3.96. The van der Waals surface area contributed by atoms with Crippen molar-refractivity contribution in [1.82, 2.24) is 10.6 Å². The van der Waals surface area contributed by atoms with Crippen LogP contribution < -0.4 is 16.0 Å². The molecule has 10 nitrogen and oxygen atoms in total. The molecule has 4 N–H and O–H groups in total. The third kappa shape index (κ3) is 5.72. The number of carboxylic acid groups (broad SMARTS) is 2. The first kappa shape index (κ1) is 25.3. The summed E-state index contributed by atoms with van der Waals surface area (Å²) in [5, 5.41) is 28.6. The lowest BCUT2D eigenvalue weighted by molar-refractivity contribution is -0.140. The number of halogens is 1. The maximum atomic E-state index is 14.7. The van der Waals surface area contributed by atoms with E-state index in [-0.39, 0.29) is 24.4 Å². The molecule has 0 saturated carbocycles. The van der Waals surface area contributed by atoms with Crippen molar-refractivity contribution >= 4 is 51.7 Å². The number of amides is 2. The molecule has 1 radical (unpaired) electrons. The van der Waals surface area contributed by atoms with Crippen LogP contribution in [0.15, 0.2) is 53.5 Å². The Labute approximate surface area is 210 Å². The lowest BCUT2D eigenvalue weighted by Gasteiger charge is -2.15. The standard InChI is InChI=1S/C26H22FN4O6/c1-13-29-20-7-4-15-3-2-14(10-18(15)23(20)25(35)30-13)12-28-16-5-6-17(19(27)11-16)24(34)31-21(26(36)37)8-9-22(32)33/h2-7,10-11,21,28H,8-9,12H2,1H3,(H,31,34)(H,32,33)(H,36,37)/t21-/m0/s1. The normalized spacial score (nSPS) is 13.2. The highest BCUT2D eigenvalue weighted by molar-refractivity contribution is 6.18. The molecular weight excluding hydrogens is 483 g/mol. The van der Waals surface area contributed by atoms with E-state index < -0.39 is 36.1 Å². The molecule has 3 aromatic carbocycles. The molecule has 1 aliphatic rings. The van der Waals surface area contributed by atoms with Crippen molar-refractivity contribution in [2.75, 3.05) is 5.32 Å². The van der Waals surface area contributed by atoms with Gasteiger partial charge in [0.2, 0.25) is 0 Å². The van der Waals surface area contributed by atoms with Crippen LogP contribution in [0.5, 0.6) is 0 Å². The number of amidine groups is 1. The molecule has 1 aliphatic heterocycles. The zero-order valence-electron chi connectivity index (χ0n) is 19.6. The van der Waals surface area contributed by atoms with Gasteiger partial charge in [-0.2, -0.15) is 5.32 Å². The van der Waals surface area contributed by atoms with Gasteiger partial charge >= 0.3 is 11.9 Å². The van der Waals surface area contributed by atoms with Gasteiger partial charge in [-0.1, -0.05) is 18.2 Å². The zero-order valence-corrected chi connectivity index (χ0v) is 19.6. The molecule has 2 amide bonds. The smallest absolute Gasteiger partial charge is 0.326 e. The second-order valence-electron chi connectivity index (χ2n) is 8.44. The average Bonchev–Trinajstić information content (AvgIpc) is 2.84. The predicted molar refractivity (Wildman–Crippen MR) is 133 cm³/mol. The van der Waals surface area contributed by atoms with E-state index in [0.717, 1.165) is 17.0 Å². The van der Waals surface area contributed by atoms with Crippen molar-refractivity contribution in [3.63, 3.8) is 0 Å². The maximum Gasteiger partial charge on any atom is 0.326 e. The Balaban J connectivity index is 1.47. The Kier molecular flexibility index (Phi) is 7.14. The van der Waals surface area contributed by atoms with Crippen LogP contribution in [0.3, 0.4) is 0 Å². The fraction of sp³-hybridized carbons (Fsp3) is 0.192. The van der Waals surface area contributed by atoms with E-state index in [4.69, 9.17) is 5.11 Å². The quantitative estimate of drug-likeness (QED) is 0.347. The van der Waals surface area contributed by atoms with E-state index in [1.54, 1.807) is 13.0 Å². The molecule has 189 valence electrons. The molecule has 0 spiro atoms. The lowest BCUT2D eigenvalue weighted by atomic mass is 9.98. The summed E-state index contributed by atoms with van der Waals surface area (Å²) in [6, 6.07) is 11.5. The van der Waals surface area contributed by atoms with Crippen molar-refractivity contribution in [1.29, 1.82) is 0 Å². The fourth-order valence-electron chi connectivity index (χ4n) is 3.96. The molecule has 1 heterocycles. The Hall–Kier alpha value is -4.80. The molecule has 37 heavy (non-hydrogen) atoms. The summed E-state index contributed by atoms with van der Waals surface area (Å²) in [4.78, 5) is 51.2. The van der Waals surface area contributed by atoms with Crippen LogP contribution in [0.2, 0.25) is 0 Å². The number of carbonyl (C=O) groups is 4. The number of fused-ring (bicyclic) bond motifs is 3. The molecule has 0 saturated heterocycles.